The van der Waals surface area contributed by atoms with Gasteiger partial charge in [0.05, 0.1) is 12.7 Å². The minimum absolute atomic E-state index is 0.132. The van der Waals surface area contributed by atoms with Crippen LogP contribution in [0.2, 0.25) is 0 Å². The third-order valence-corrected chi connectivity index (χ3v) is 4.57. The van der Waals surface area contributed by atoms with E-state index in [1.54, 1.807) is 13.8 Å². The fourth-order valence-corrected chi connectivity index (χ4v) is 2.97. The van der Waals surface area contributed by atoms with Crippen molar-refractivity contribution >= 4 is 11.9 Å². The largest absolute Gasteiger partial charge is 0.465 e. The summed E-state index contributed by atoms with van der Waals surface area (Å²) in [5, 5.41) is 2.91. The standard InChI is InChI=1S/C21H28N2O3/c1-13-17(20(25)26-6)14(2)23-18(13)19(24)22-12-11-15-7-9-16(10-8-15)21(3,4)5/h7-10,23H,11-12H2,1-6H3,(H,22,24). The molecule has 5 heteroatoms. The van der Waals surface area contributed by atoms with Crippen LogP contribution in [0.5, 0.6) is 0 Å². The molecule has 1 heterocycles. The van der Waals surface area contributed by atoms with Crippen LogP contribution in [0, 0.1) is 13.8 Å². The number of hydrogen-bond acceptors (Lipinski definition) is 3. The van der Waals surface area contributed by atoms with Gasteiger partial charge in [-0.25, -0.2) is 4.79 Å². The summed E-state index contributed by atoms with van der Waals surface area (Å²) in [6.07, 6.45) is 0.749. The van der Waals surface area contributed by atoms with Crippen molar-refractivity contribution in [3.8, 4) is 0 Å². The summed E-state index contributed by atoms with van der Waals surface area (Å²) < 4.78 is 4.77. The van der Waals surface area contributed by atoms with Gasteiger partial charge in [-0.15, -0.1) is 0 Å². The van der Waals surface area contributed by atoms with Gasteiger partial charge in [-0.05, 0) is 42.4 Å². The third-order valence-electron chi connectivity index (χ3n) is 4.57. The second-order valence-corrected chi connectivity index (χ2v) is 7.57. The molecule has 0 saturated carbocycles. The lowest BCUT2D eigenvalue weighted by molar-refractivity contribution is 0.0599. The first kappa shape index (κ1) is 19.8. The van der Waals surface area contributed by atoms with E-state index < -0.39 is 5.97 Å². The molecule has 5 nitrogen and oxygen atoms in total. The molecule has 2 aromatic rings. The summed E-state index contributed by atoms with van der Waals surface area (Å²) in [6.45, 7) is 10.6. The predicted octanol–water partition coefficient (Wildman–Crippen LogP) is 3.69. The van der Waals surface area contributed by atoms with Gasteiger partial charge in [0.1, 0.15) is 5.69 Å². The first-order valence-electron chi connectivity index (χ1n) is 8.80. The molecule has 1 aromatic heterocycles. The van der Waals surface area contributed by atoms with E-state index in [1.807, 2.05) is 0 Å². The maximum Gasteiger partial charge on any atom is 0.339 e. The van der Waals surface area contributed by atoms with E-state index in [2.05, 4.69) is 55.3 Å². The number of hydrogen-bond donors (Lipinski definition) is 2. The van der Waals surface area contributed by atoms with Crippen LogP contribution in [0.25, 0.3) is 0 Å². The van der Waals surface area contributed by atoms with Crippen LogP contribution in [-0.2, 0) is 16.6 Å². The number of esters is 1. The fraction of sp³-hybridized carbons (Fsp3) is 0.429. The molecular weight excluding hydrogens is 328 g/mol. The molecule has 2 N–H and O–H groups in total. The molecule has 2 rings (SSSR count). The van der Waals surface area contributed by atoms with E-state index in [-0.39, 0.29) is 11.3 Å². The molecule has 0 unspecified atom stereocenters. The average Bonchev–Trinajstić information content (AvgIpc) is 2.88. The van der Waals surface area contributed by atoms with Gasteiger partial charge in [0.2, 0.25) is 0 Å². The normalized spacial score (nSPS) is 11.3. The molecule has 0 aliphatic rings. The number of H-pyrrole nitrogens is 1. The van der Waals surface area contributed by atoms with Crippen molar-refractivity contribution in [2.75, 3.05) is 13.7 Å². The molecule has 0 saturated heterocycles. The first-order chi connectivity index (χ1) is 12.1. The van der Waals surface area contributed by atoms with Crippen molar-refractivity contribution in [1.82, 2.24) is 10.3 Å². The molecule has 0 radical (unpaired) electrons. The van der Waals surface area contributed by atoms with Crippen molar-refractivity contribution in [2.24, 2.45) is 0 Å². The number of aryl methyl sites for hydroxylation is 1. The average molecular weight is 356 g/mol. The molecule has 0 aliphatic heterocycles. The Morgan fingerprint density at radius 3 is 2.27 bits per heavy atom. The zero-order valence-corrected chi connectivity index (χ0v) is 16.4. The fourth-order valence-electron chi connectivity index (χ4n) is 2.97. The van der Waals surface area contributed by atoms with Crippen LogP contribution in [0.15, 0.2) is 24.3 Å². The zero-order valence-electron chi connectivity index (χ0n) is 16.4. The van der Waals surface area contributed by atoms with Crippen molar-refractivity contribution in [3.63, 3.8) is 0 Å². The molecule has 0 bridgehead atoms. The zero-order chi connectivity index (χ0) is 19.5. The molecule has 140 valence electrons. The quantitative estimate of drug-likeness (QED) is 0.803. The van der Waals surface area contributed by atoms with Crippen LogP contribution in [0.3, 0.4) is 0 Å². The van der Waals surface area contributed by atoms with Gasteiger partial charge in [0.25, 0.3) is 5.91 Å². The van der Waals surface area contributed by atoms with E-state index in [0.29, 0.717) is 29.1 Å². The van der Waals surface area contributed by atoms with Gasteiger partial charge in [-0.1, -0.05) is 45.0 Å². The van der Waals surface area contributed by atoms with E-state index in [9.17, 15) is 9.59 Å². The van der Waals surface area contributed by atoms with Crippen molar-refractivity contribution in [3.05, 3.63) is 57.9 Å². The van der Waals surface area contributed by atoms with E-state index in [1.165, 1.54) is 18.2 Å². The van der Waals surface area contributed by atoms with Gasteiger partial charge in [0.15, 0.2) is 0 Å². The maximum atomic E-state index is 12.4. The van der Waals surface area contributed by atoms with Crippen LogP contribution >= 0.6 is 0 Å². The highest BCUT2D eigenvalue weighted by Crippen LogP contribution is 2.22. The summed E-state index contributed by atoms with van der Waals surface area (Å²) >= 11 is 0. The van der Waals surface area contributed by atoms with Crippen LogP contribution < -0.4 is 5.32 Å². The van der Waals surface area contributed by atoms with Crippen LogP contribution in [0.4, 0.5) is 0 Å². The van der Waals surface area contributed by atoms with Gasteiger partial charge < -0.3 is 15.0 Å². The molecule has 0 fully saturated rings. The predicted molar refractivity (Wildman–Crippen MR) is 103 cm³/mol. The Morgan fingerprint density at radius 2 is 1.73 bits per heavy atom. The molecule has 0 spiro atoms. The maximum absolute atomic E-state index is 12.4. The molecule has 1 amide bonds. The van der Waals surface area contributed by atoms with Crippen molar-refractivity contribution < 1.29 is 14.3 Å². The lowest BCUT2D eigenvalue weighted by Gasteiger charge is -2.19. The minimum atomic E-state index is -0.436. The highest BCUT2D eigenvalue weighted by molar-refractivity contribution is 6.00. The number of benzene rings is 1. The molecule has 0 aliphatic carbocycles. The molecular formula is C21H28N2O3. The summed E-state index contributed by atoms with van der Waals surface area (Å²) in [7, 11) is 1.33. The Bertz CT molecular complexity index is 796. The Balaban J connectivity index is 1.98. The number of rotatable bonds is 5. The summed E-state index contributed by atoms with van der Waals surface area (Å²) in [5.41, 5.74) is 4.68. The Morgan fingerprint density at radius 1 is 1.12 bits per heavy atom. The van der Waals surface area contributed by atoms with Gasteiger partial charge >= 0.3 is 5.97 Å². The Hall–Kier alpha value is -2.56. The van der Waals surface area contributed by atoms with Crippen molar-refractivity contribution in [2.45, 2.75) is 46.5 Å². The topological polar surface area (TPSA) is 71.2 Å². The van der Waals surface area contributed by atoms with Crippen molar-refractivity contribution in [1.29, 1.82) is 0 Å². The second kappa shape index (κ2) is 7.77. The van der Waals surface area contributed by atoms with Gasteiger partial charge in [0, 0.05) is 12.2 Å². The number of methoxy groups -OCH3 is 1. The summed E-state index contributed by atoms with van der Waals surface area (Å²) in [4.78, 5) is 27.2. The Kier molecular flexibility index (Phi) is 5.90. The number of ether oxygens (including phenoxy) is 1. The second-order valence-electron chi connectivity index (χ2n) is 7.57. The number of carbonyl (C=O) groups excluding carboxylic acids is 2. The number of nitrogens with one attached hydrogen (secondary N) is 2. The number of aromatic nitrogens is 1. The van der Waals surface area contributed by atoms with E-state index >= 15 is 0 Å². The molecule has 0 atom stereocenters. The Labute approximate surface area is 155 Å². The van der Waals surface area contributed by atoms with Crippen LogP contribution in [0.1, 0.15) is 64.0 Å². The van der Waals surface area contributed by atoms with Crippen LogP contribution in [-0.4, -0.2) is 30.5 Å². The number of aromatic amines is 1. The van der Waals surface area contributed by atoms with E-state index in [0.717, 1.165) is 6.42 Å². The minimum Gasteiger partial charge on any atom is -0.465 e. The van der Waals surface area contributed by atoms with Gasteiger partial charge in [-0.2, -0.15) is 0 Å². The monoisotopic (exact) mass is 356 g/mol. The molecule has 26 heavy (non-hydrogen) atoms. The first-order valence-corrected chi connectivity index (χ1v) is 8.80. The SMILES string of the molecule is COC(=O)c1c(C)[nH]c(C(=O)NCCc2ccc(C(C)(C)C)cc2)c1C. The lowest BCUT2D eigenvalue weighted by atomic mass is 9.86. The highest BCUT2D eigenvalue weighted by atomic mass is 16.5. The lowest BCUT2D eigenvalue weighted by Crippen LogP contribution is -2.26. The smallest absolute Gasteiger partial charge is 0.339 e. The van der Waals surface area contributed by atoms with Gasteiger partial charge in [-0.3, -0.25) is 4.79 Å². The summed E-state index contributed by atoms with van der Waals surface area (Å²) in [5.74, 6) is -0.652. The molecule has 1 aromatic carbocycles. The van der Waals surface area contributed by atoms with E-state index in [4.69, 9.17) is 4.74 Å². The third kappa shape index (κ3) is 4.34. The summed E-state index contributed by atoms with van der Waals surface area (Å²) in [6, 6.07) is 8.48. The number of amides is 1. The highest BCUT2D eigenvalue weighted by Gasteiger charge is 2.22. The number of carbonyl (C=O) groups is 2.